The summed E-state index contributed by atoms with van der Waals surface area (Å²) in [7, 11) is 1.48. The van der Waals surface area contributed by atoms with Crippen molar-refractivity contribution in [1.29, 1.82) is 0 Å². The van der Waals surface area contributed by atoms with Gasteiger partial charge < -0.3 is 4.74 Å². The van der Waals surface area contributed by atoms with Gasteiger partial charge in [-0.15, -0.1) is 0 Å². The summed E-state index contributed by atoms with van der Waals surface area (Å²) in [6.07, 6.45) is 2.64. The van der Waals surface area contributed by atoms with Crippen LogP contribution in [0.4, 0.5) is 5.95 Å². The molecule has 0 saturated heterocycles. The van der Waals surface area contributed by atoms with Crippen molar-refractivity contribution in [3.05, 3.63) is 35.0 Å². The van der Waals surface area contributed by atoms with Gasteiger partial charge in [0.25, 0.3) is 5.91 Å². The summed E-state index contributed by atoms with van der Waals surface area (Å²) < 4.78 is 4.99. The van der Waals surface area contributed by atoms with Crippen molar-refractivity contribution in [2.24, 2.45) is 0 Å². The number of amides is 1. The summed E-state index contributed by atoms with van der Waals surface area (Å²) in [5, 5.41) is 2.63. The van der Waals surface area contributed by atoms with Crippen molar-refractivity contribution in [1.82, 2.24) is 19.9 Å². The van der Waals surface area contributed by atoms with Gasteiger partial charge in [0.1, 0.15) is 10.8 Å². The maximum atomic E-state index is 11.9. The number of aryl methyl sites for hydroxylation is 1. The van der Waals surface area contributed by atoms with Crippen LogP contribution in [0, 0.1) is 6.92 Å². The predicted molar refractivity (Wildman–Crippen MR) is 68.3 cm³/mol. The molecule has 8 heteroatoms. The highest BCUT2D eigenvalue weighted by molar-refractivity contribution is 6.29. The van der Waals surface area contributed by atoms with Crippen molar-refractivity contribution >= 4 is 23.5 Å². The Morgan fingerprint density at radius 1 is 1.32 bits per heavy atom. The fraction of sp³-hybridized carbons (Fsp3) is 0.182. The smallest absolute Gasteiger partial charge is 0.278 e. The van der Waals surface area contributed by atoms with Crippen LogP contribution in [0.1, 0.15) is 16.2 Å². The number of ether oxygens (including phenoxy) is 1. The highest BCUT2D eigenvalue weighted by Gasteiger charge is 2.11. The van der Waals surface area contributed by atoms with Gasteiger partial charge in [-0.25, -0.2) is 9.97 Å². The Kier molecular flexibility index (Phi) is 3.86. The van der Waals surface area contributed by atoms with Crippen molar-refractivity contribution < 1.29 is 9.53 Å². The van der Waals surface area contributed by atoms with Gasteiger partial charge in [-0.3, -0.25) is 15.1 Å². The van der Waals surface area contributed by atoms with Gasteiger partial charge in [-0.05, 0) is 6.92 Å². The molecule has 2 aromatic rings. The first-order valence-corrected chi connectivity index (χ1v) is 5.65. The topological polar surface area (TPSA) is 89.9 Å². The number of hydrogen-bond acceptors (Lipinski definition) is 6. The number of anilines is 1. The molecule has 2 heterocycles. The van der Waals surface area contributed by atoms with Crippen LogP contribution in [-0.2, 0) is 0 Å². The van der Waals surface area contributed by atoms with E-state index in [0.717, 1.165) is 0 Å². The first-order valence-electron chi connectivity index (χ1n) is 5.27. The maximum Gasteiger partial charge on any atom is 0.278 e. The number of rotatable bonds is 3. The first-order chi connectivity index (χ1) is 9.08. The third-order valence-corrected chi connectivity index (χ3v) is 2.29. The molecule has 2 rings (SSSR count). The van der Waals surface area contributed by atoms with Crippen LogP contribution in [0.15, 0.2) is 18.5 Å². The molecular formula is C11H10ClN5O2. The lowest BCUT2D eigenvalue weighted by Gasteiger charge is -2.06. The number of nitrogens with one attached hydrogen (secondary N) is 1. The summed E-state index contributed by atoms with van der Waals surface area (Å²) in [6, 6.07) is 1.65. The molecule has 0 radical (unpaired) electrons. The van der Waals surface area contributed by atoms with Crippen LogP contribution < -0.4 is 10.1 Å². The zero-order chi connectivity index (χ0) is 13.8. The van der Waals surface area contributed by atoms with Crippen LogP contribution >= 0.6 is 11.6 Å². The SMILES string of the molecule is COc1cc(C)nc(NC(=O)c2cncc(Cl)n2)n1. The summed E-state index contributed by atoms with van der Waals surface area (Å²) in [5.74, 6) is -0.00810. The molecule has 0 aromatic carbocycles. The number of aromatic nitrogens is 4. The van der Waals surface area contributed by atoms with E-state index in [-0.39, 0.29) is 16.8 Å². The summed E-state index contributed by atoms with van der Waals surface area (Å²) >= 11 is 5.66. The quantitative estimate of drug-likeness (QED) is 0.915. The van der Waals surface area contributed by atoms with E-state index in [1.54, 1.807) is 13.0 Å². The minimum absolute atomic E-state index is 0.0802. The van der Waals surface area contributed by atoms with E-state index in [9.17, 15) is 4.79 Å². The minimum atomic E-state index is -0.498. The second kappa shape index (κ2) is 5.57. The molecular weight excluding hydrogens is 270 g/mol. The van der Waals surface area contributed by atoms with Crippen molar-refractivity contribution in [3.8, 4) is 5.88 Å². The molecule has 1 N–H and O–H groups in total. The standard InChI is InChI=1S/C11H10ClN5O2/c1-6-3-9(19-2)16-11(14-6)17-10(18)7-4-13-5-8(12)15-7/h3-5H,1-2H3,(H,14,16,17,18). The number of hydrogen-bond donors (Lipinski definition) is 1. The van der Waals surface area contributed by atoms with E-state index in [1.165, 1.54) is 19.5 Å². The molecule has 0 aliphatic rings. The molecule has 0 atom stereocenters. The van der Waals surface area contributed by atoms with Crippen LogP contribution in [0.25, 0.3) is 0 Å². The van der Waals surface area contributed by atoms with Crippen molar-refractivity contribution in [3.63, 3.8) is 0 Å². The molecule has 19 heavy (non-hydrogen) atoms. The Hall–Kier alpha value is -2.28. The molecule has 0 aliphatic heterocycles. The number of nitrogens with zero attached hydrogens (tertiary/aromatic N) is 4. The Balaban J connectivity index is 2.21. The number of carbonyl (C=O) groups is 1. The monoisotopic (exact) mass is 279 g/mol. The van der Waals surface area contributed by atoms with Gasteiger partial charge in [-0.1, -0.05) is 11.6 Å². The zero-order valence-corrected chi connectivity index (χ0v) is 11.0. The second-order valence-electron chi connectivity index (χ2n) is 3.56. The Bertz CT molecular complexity index is 620. The Morgan fingerprint density at radius 2 is 2.11 bits per heavy atom. The summed E-state index contributed by atoms with van der Waals surface area (Å²) in [5.41, 5.74) is 0.746. The van der Waals surface area contributed by atoms with E-state index < -0.39 is 5.91 Å². The first kappa shape index (κ1) is 13.2. The molecule has 1 amide bonds. The van der Waals surface area contributed by atoms with Crippen LogP contribution in [0.3, 0.4) is 0 Å². The second-order valence-corrected chi connectivity index (χ2v) is 3.94. The number of methoxy groups -OCH3 is 1. The van der Waals surface area contributed by atoms with Gasteiger partial charge in [0.2, 0.25) is 11.8 Å². The largest absolute Gasteiger partial charge is 0.481 e. The molecule has 0 fully saturated rings. The van der Waals surface area contributed by atoms with Crippen molar-refractivity contribution in [2.75, 3.05) is 12.4 Å². The van der Waals surface area contributed by atoms with Crippen LogP contribution in [0.2, 0.25) is 5.15 Å². The van der Waals surface area contributed by atoms with Gasteiger partial charge in [-0.2, -0.15) is 4.98 Å². The molecule has 2 aromatic heterocycles. The lowest BCUT2D eigenvalue weighted by atomic mass is 10.4. The van der Waals surface area contributed by atoms with E-state index in [4.69, 9.17) is 16.3 Å². The summed E-state index contributed by atoms with van der Waals surface area (Å²) in [6.45, 7) is 1.76. The number of halogens is 1. The van der Waals surface area contributed by atoms with E-state index in [1.807, 2.05) is 0 Å². The molecule has 0 bridgehead atoms. The maximum absolute atomic E-state index is 11.9. The Labute approximate surface area is 114 Å². The highest BCUT2D eigenvalue weighted by atomic mass is 35.5. The fourth-order valence-corrected chi connectivity index (χ4v) is 1.46. The van der Waals surface area contributed by atoms with Gasteiger partial charge >= 0.3 is 0 Å². The molecule has 0 unspecified atom stereocenters. The lowest BCUT2D eigenvalue weighted by molar-refractivity contribution is 0.102. The third-order valence-electron chi connectivity index (χ3n) is 2.10. The average molecular weight is 280 g/mol. The zero-order valence-electron chi connectivity index (χ0n) is 10.2. The van der Waals surface area contributed by atoms with Crippen LogP contribution in [0.5, 0.6) is 5.88 Å². The normalized spacial score (nSPS) is 10.1. The Morgan fingerprint density at radius 3 is 2.79 bits per heavy atom. The lowest BCUT2D eigenvalue weighted by Crippen LogP contribution is -2.16. The molecule has 0 aliphatic carbocycles. The molecule has 0 spiro atoms. The van der Waals surface area contributed by atoms with Crippen molar-refractivity contribution in [2.45, 2.75) is 6.92 Å². The predicted octanol–water partition coefficient (Wildman–Crippen LogP) is 1.49. The fourth-order valence-electron chi connectivity index (χ4n) is 1.32. The van der Waals surface area contributed by atoms with E-state index in [2.05, 4.69) is 25.3 Å². The van der Waals surface area contributed by atoms with E-state index in [0.29, 0.717) is 11.6 Å². The molecule has 7 nitrogen and oxygen atoms in total. The molecule has 0 saturated carbocycles. The number of carbonyl (C=O) groups excluding carboxylic acids is 1. The van der Waals surface area contributed by atoms with Gasteiger partial charge in [0.15, 0.2) is 0 Å². The minimum Gasteiger partial charge on any atom is -0.481 e. The third kappa shape index (κ3) is 3.35. The molecule has 98 valence electrons. The summed E-state index contributed by atoms with van der Waals surface area (Å²) in [4.78, 5) is 27.6. The highest BCUT2D eigenvalue weighted by Crippen LogP contribution is 2.12. The van der Waals surface area contributed by atoms with Gasteiger partial charge in [0.05, 0.1) is 19.5 Å². The van der Waals surface area contributed by atoms with Gasteiger partial charge in [0, 0.05) is 11.8 Å². The van der Waals surface area contributed by atoms with Crippen LogP contribution in [-0.4, -0.2) is 33.0 Å². The average Bonchev–Trinajstić information content (AvgIpc) is 2.38. The van der Waals surface area contributed by atoms with E-state index >= 15 is 0 Å².